The van der Waals surface area contributed by atoms with Gasteiger partial charge in [-0.05, 0) is 18.8 Å². The Morgan fingerprint density at radius 1 is 1.19 bits per heavy atom. The number of hydrogen-bond donors (Lipinski definition) is 1. The lowest BCUT2D eigenvalue weighted by atomic mass is 10.0. The highest BCUT2D eigenvalue weighted by Gasteiger charge is 2.14. The fraction of sp³-hybridized carbons (Fsp3) is 1.00. The van der Waals surface area contributed by atoms with E-state index >= 15 is 0 Å². The van der Waals surface area contributed by atoms with Crippen molar-refractivity contribution in [2.24, 2.45) is 5.92 Å². The van der Waals surface area contributed by atoms with Gasteiger partial charge in [0.1, 0.15) is 0 Å². The maximum Gasteiger partial charge on any atom is 0.0593 e. The van der Waals surface area contributed by atoms with Crippen LogP contribution in [0, 0.1) is 5.92 Å². The third-order valence-electron chi connectivity index (χ3n) is 3.46. The summed E-state index contributed by atoms with van der Waals surface area (Å²) in [7, 11) is 0. The topological polar surface area (TPSA) is 33.7 Å². The first-order valence-electron chi connectivity index (χ1n) is 6.54. The van der Waals surface area contributed by atoms with Gasteiger partial charge in [0.25, 0.3) is 0 Å². The molecule has 1 N–H and O–H groups in total. The summed E-state index contributed by atoms with van der Waals surface area (Å²) in [4.78, 5) is 2.47. The van der Waals surface area contributed by atoms with E-state index in [0.29, 0.717) is 0 Å². The second-order valence-corrected chi connectivity index (χ2v) is 4.72. The molecule has 16 heavy (non-hydrogen) atoms. The largest absolute Gasteiger partial charge is 0.381 e. The maximum atomic E-state index is 5.76. The minimum atomic E-state index is 0.733. The molecule has 2 fully saturated rings. The van der Waals surface area contributed by atoms with E-state index in [9.17, 15) is 0 Å². The average Bonchev–Trinajstić information content (AvgIpc) is 2.37. The van der Waals surface area contributed by atoms with E-state index < -0.39 is 0 Å². The van der Waals surface area contributed by atoms with Crippen molar-refractivity contribution in [2.45, 2.75) is 12.8 Å². The minimum absolute atomic E-state index is 0.733. The van der Waals surface area contributed by atoms with E-state index in [-0.39, 0.29) is 0 Å². The molecule has 2 aliphatic rings. The predicted octanol–water partition coefficient (Wildman–Crippen LogP) is 0.335. The fourth-order valence-corrected chi connectivity index (χ4v) is 2.29. The van der Waals surface area contributed by atoms with Gasteiger partial charge in [-0.2, -0.15) is 0 Å². The van der Waals surface area contributed by atoms with Crippen molar-refractivity contribution in [2.75, 3.05) is 59.2 Å². The molecule has 0 atom stereocenters. The summed E-state index contributed by atoms with van der Waals surface area (Å²) in [6.07, 6.45) is 2.35. The second kappa shape index (κ2) is 7.22. The Morgan fingerprint density at radius 2 is 1.94 bits per heavy atom. The van der Waals surface area contributed by atoms with Gasteiger partial charge < -0.3 is 14.8 Å². The molecule has 94 valence electrons. The molecule has 2 heterocycles. The average molecular weight is 228 g/mol. The van der Waals surface area contributed by atoms with Crippen LogP contribution in [0.2, 0.25) is 0 Å². The smallest absolute Gasteiger partial charge is 0.0593 e. The minimum Gasteiger partial charge on any atom is -0.381 e. The van der Waals surface area contributed by atoms with Crippen LogP contribution in [0.3, 0.4) is 0 Å². The fourth-order valence-electron chi connectivity index (χ4n) is 2.29. The molecule has 0 aliphatic carbocycles. The van der Waals surface area contributed by atoms with Crippen LogP contribution in [0.5, 0.6) is 0 Å². The van der Waals surface area contributed by atoms with E-state index in [1.54, 1.807) is 0 Å². The normalized spacial score (nSPS) is 24.8. The highest BCUT2D eigenvalue weighted by molar-refractivity contribution is 4.67. The summed E-state index contributed by atoms with van der Waals surface area (Å²) in [5.41, 5.74) is 0. The van der Waals surface area contributed by atoms with Crippen LogP contribution in [-0.2, 0) is 9.47 Å². The zero-order chi connectivity index (χ0) is 11.1. The van der Waals surface area contributed by atoms with Crippen molar-refractivity contribution in [3.8, 4) is 0 Å². The molecule has 0 spiro atoms. The van der Waals surface area contributed by atoms with E-state index in [0.717, 1.165) is 52.0 Å². The third-order valence-corrected chi connectivity index (χ3v) is 3.46. The number of piperazine rings is 1. The van der Waals surface area contributed by atoms with Crippen molar-refractivity contribution in [1.82, 2.24) is 10.2 Å². The van der Waals surface area contributed by atoms with E-state index in [4.69, 9.17) is 9.47 Å². The highest BCUT2D eigenvalue weighted by atomic mass is 16.5. The summed E-state index contributed by atoms with van der Waals surface area (Å²) >= 11 is 0. The van der Waals surface area contributed by atoms with Crippen molar-refractivity contribution in [1.29, 1.82) is 0 Å². The molecule has 0 aromatic heterocycles. The number of ether oxygens (including phenoxy) is 2. The first kappa shape index (κ1) is 12.3. The van der Waals surface area contributed by atoms with Gasteiger partial charge in [0, 0.05) is 52.5 Å². The number of hydrogen-bond acceptors (Lipinski definition) is 4. The first-order chi connectivity index (χ1) is 7.95. The lowest BCUT2D eigenvalue weighted by Gasteiger charge is -2.27. The van der Waals surface area contributed by atoms with Crippen LogP contribution in [0.4, 0.5) is 0 Å². The van der Waals surface area contributed by atoms with Crippen LogP contribution >= 0.6 is 0 Å². The summed E-state index contributed by atoms with van der Waals surface area (Å²) in [6, 6.07) is 0. The van der Waals surface area contributed by atoms with Crippen molar-refractivity contribution >= 4 is 0 Å². The van der Waals surface area contributed by atoms with Gasteiger partial charge in [0.05, 0.1) is 6.61 Å². The Balaban J connectivity index is 1.47. The molecule has 4 heteroatoms. The molecule has 0 aromatic carbocycles. The first-order valence-corrected chi connectivity index (χ1v) is 6.54. The Hall–Kier alpha value is -0.160. The Kier molecular flexibility index (Phi) is 5.55. The Bertz CT molecular complexity index is 158. The lowest BCUT2D eigenvalue weighted by molar-refractivity contribution is 0.0148. The second-order valence-electron chi connectivity index (χ2n) is 4.72. The zero-order valence-corrected chi connectivity index (χ0v) is 10.1. The van der Waals surface area contributed by atoms with E-state index in [2.05, 4.69) is 10.2 Å². The van der Waals surface area contributed by atoms with Crippen LogP contribution in [0.25, 0.3) is 0 Å². The van der Waals surface area contributed by atoms with Gasteiger partial charge >= 0.3 is 0 Å². The van der Waals surface area contributed by atoms with E-state index in [1.807, 2.05) is 0 Å². The molecule has 0 aromatic rings. The summed E-state index contributed by atoms with van der Waals surface area (Å²) in [5, 5.41) is 3.36. The van der Waals surface area contributed by atoms with Crippen molar-refractivity contribution in [3.05, 3.63) is 0 Å². The third kappa shape index (κ3) is 4.37. The van der Waals surface area contributed by atoms with Gasteiger partial charge in [0.15, 0.2) is 0 Å². The van der Waals surface area contributed by atoms with Gasteiger partial charge in [0.2, 0.25) is 0 Å². The molecular weight excluding hydrogens is 204 g/mol. The van der Waals surface area contributed by atoms with Crippen LogP contribution < -0.4 is 5.32 Å². The Labute approximate surface area is 98.3 Å². The van der Waals surface area contributed by atoms with Crippen LogP contribution in [0.1, 0.15) is 12.8 Å². The molecule has 2 saturated heterocycles. The standard InChI is InChI=1S/C12H24N2O2/c1-8-15-9-2-12(1)11-16-10-7-14-5-3-13-4-6-14/h12-13H,1-11H2. The van der Waals surface area contributed by atoms with E-state index in [1.165, 1.54) is 25.9 Å². The maximum absolute atomic E-state index is 5.76. The molecule has 0 amide bonds. The molecule has 0 unspecified atom stereocenters. The molecular formula is C12H24N2O2. The van der Waals surface area contributed by atoms with Gasteiger partial charge in [-0.15, -0.1) is 0 Å². The molecule has 2 rings (SSSR count). The number of nitrogens with zero attached hydrogens (tertiary/aromatic N) is 1. The molecule has 0 radical (unpaired) electrons. The van der Waals surface area contributed by atoms with Crippen LogP contribution in [0.15, 0.2) is 0 Å². The van der Waals surface area contributed by atoms with Crippen molar-refractivity contribution < 1.29 is 9.47 Å². The van der Waals surface area contributed by atoms with Gasteiger partial charge in [-0.3, -0.25) is 4.90 Å². The quantitative estimate of drug-likeness (QED) is 0.688. The van der Waals surface area contributed by atoms with Crippen molar-refractivity contribution in [3.63, 3.8) is 0 Å². The Morgan fingerprint density at radius 3 is 2.69 bits per heavy atom. The molecule has 2 aliphatic heterocycles. The van der Waals surface area contributed by atoms with Crippen LogP contribution in [-0.4, -0.2) is 64.1 Å². The monoisotopic (exact) mass is 228 g/mol. The lowest BCUT2D eigenvalue weighted by Crippen LogP contribution is -2.44. The molecule has 0 saturated carbocycles. The summed E-state index contributed by atoms with van der Waals surface area (Å²) in [5.74, 6) is 0.733. The summed E-state index contributed by atoms with van der Waals surface area (Å²) in [6.45, 7) is 9.33. The number of rotatable bonds is 5. The number of nitrogens with one attached hydrogen (secondary N) is 1. The SMILES string of the molecule is C1CN(CCOCC2CCOCC2)CCN1. The molecule has 4 nitrogen and oxygen atoms in total. The molecule has 0 bridgehead atoms. The zero-order valence-electron chi connectivity index (χ0n) is 10.1. The highest BCUT2D eigenvalue weighted by Crippen LogP contribution is 2.14. The van der Waals surface area contributed by atoms with Gasteiger partial charge in [-0.25, -0.2) is 0 Å². The van der Waals surface area contributed by atoms with Gasteiger partial charge in [-0.1, -0.05) is 0 Å². The summed E-state index contributed by atoms with van der Waals surface area (Å²) < 4.78 is 11.1. The predicted molar refractivity (Wildman–Crippen MR) is 63.7 cm³/mol.